The van der Waals surface area contributed by atoms with E-state index >= 15 is 0 Å². The van der Waals surface area contributed by atoms with Crippen molar-refractivity contribution in [1.29, 1.82) is 0 Å². The fourth-order valence-corrected chi connectivity index (χ4v) is 2.85. The van der Waals surface area contributed by atoms with E-state index in [-0.39, 0.29) is 11.9 Å². The number of allylic oxidation sites excluding steroid dienone is 3. The summed E-state index contributed by atoms with van der Waals surface area (Å²) in [4.78, 5) is 19.0. The van der Waals surface area contributed by atoms with Gasteiger partial charge < -0.3 is 10.3 Å². The Morgan fingerprint density at radius 2 is 2.33 bits per heavy atom. The number of nitrogens with zero attached hydrogens (tertiary/aromatic N) is 1. The maximum absolute atomic E-state index is 11.1. The van der Waals surface area contributed by atoms with Crippen molar-refractivity contribution >= 4 is 38.4 Å². The van der Waals surface area contributed by atoms with Gasteiger partial charge in [-0.1, -0.05) is 18.2 Å². The third-order valence-electron chi connectivity index (χ3n) is 3.49. The average molecular weight is 346 g/mol. The van der Waals surface area contributed by atoms with Crippen molar-refractivity contribution < 1.29 is 4.79 Å². The molecule has 5 heteroatoms. The van der Waals surface area contributed by atoms with Crippen LogP contribution >= 0.6 is 15.9 Å². The van der Waals surface area contributed by atoms with Gasteiger partial charge in [0, 0.05) is 18.7 Å². The fourth-order valence-electron chi connectivity index (χ4n) is 2.52. The Morgan fingerprint density at radius 1 is 1.48 bits per heavy atom. The highest BCUT2D eigenvalue weighted by molar-refractivity contribution is 9.10. The van der Waals surface area contributed by atoms with Gasteiger partial charge in [0.2, 0.25) is 5.91 Å². The first-order valence-electron chi connectivity index (χ1n) is 6.93. The number of carbonyl (C=O) groups excluding carboxylic acids is 1. The molecular formula is C16H16BrN3O. The van der Waals surface area contributed by atoms with E-state index in [0.29, 0.717) is 0 Å². The number of amides is 1. The van der Waals surface area contributed by atoms with Crippen molar-refractivity contribution in [3.63, 3.8) is 0 Å². The van der Waals surface area contributed by atoms with Gasteiger partial charge in [0.15, 0.2) is 0 Å². The molecule has 0 bridgehead atoms. The van der Waals surface area contributed by atoms with Crippen LogP contribution in [-0.2, 0) is 4.79 Å². The van der Waals surface area contributed by atoms with Crippen LogP contribution in [0.5, 0.6) is 0 Å². The summed E-state index contributed by atoms with van der Waals surface area (Å²) >= 11 is 3.39. The minimum Gasteiger partial charge on any atom is -0.353 e. The molecule has 108 valence electrons. The molecule has 2 heterocycles. The third-order valence-corrected chi connectivity index (χ3v) is 3.93. The van der Waals surface area contributed by atoms with E-state index in [1.54, 1.807) is 6.92 Å². The van der Waals surface area contributed by atoms with E-state index in [9.17, 15) is 4.79 Å². The Balaban J connectivity index is 1.87. The molecule has 2 N–H and O–H groups in total. The largest absolute Gasteiger partial charge is 0.353 e. The molecule has 4 nitrogen and oxygen atoms in total. The number of halogens is 1. The van der Waals surface area contributed by atoms with E-state index in [4.69, 9.17) is 0 Å². The van der Waals surface area contributed by atoms with Crippen LogP contribution < -0.4 is 5.32 Å². The van der Waals surface area contributed by atoms with Crippen molar-refractivity contribution in [2.45, 2.75) is 25.8 Å². The monoisotopic (exact) mass is 345 g/mol. The first kappa shape index (κ1) is 14.1. The molecule has 0 aromatic carbocycles. The minimum absolute atomic E-state index is 0.00719. The average Bonchev–Trinajstić information content (AvgIpc) is 2.70. The molecule has 0 fully saturated rings. The van der Waals surface area contributed by atoms with Gasteiger partial charge in [-0.25, -0.2) is 4.98 Å². The number of carbonyl (C=O) groups is 1. The molecule has 1 unspecified atom stereocenters. The molecule has 3 rings (SSSR count). The Hall–Kier alpha value is -1.88. The van der Waals surface area contributed by atoms with Gasteiger partial charge in [-0.3, -0.25) is 4.79 Å². The van der Waals surface area contributed by atoms with E-state index in [1.165, 1.54) is 0 Å². The number of hydrogen-bond donors (Lipinski definition) is 2. The molecule has 0 saturated heterocycles. The second-order valence-corrected chi connectivity index (χ2v) is 5.97. The number of aromatic amines is 1. The zero-order chi connectivity index (χ0) is 14.8. The molecule has 1 amide bonds. The van der Waals surface area contributed by atoms with Crippen LogP contribution in [0.1, 0.15) is 25.5 Å². The second-order valence-electron chi connectivity index (χ2n) is 5.15. The van der Waals surface area contributed by atoms with E-state index < -0.39 is 0 Å². The highest BCUT2D eigenvalue weighted by Gasteiger charge is 2.11. The summed E-state index contributed by atoms with van der Waals surface area (Å²) in [6.07, 6.45) is 8.16. The standard InChI is InChI=1S/C16H16BrN3O/c1-10(21)18-12-4-2-3-11(5-6-12)14-9-15-13(19-14)7-8-16(17)20-15/h3,5-9,12,19H,2,4H2,1H3,(H,18,21). The summed E-state index contributed by atoms with van der Waals surface area (Å²) in [6.45, 7) is 1.55. The number of pyridine rings is 1. The van der Waals surface area contributed by atoms with Crippen LogP contribution in [-0.4, -0.2) is 21.9 Å². The van der Waals surface area contributed by atoms with Gasteiger partial charge in [-0.15, -0.1) is 0 Å². The number of rotatable bonds is 2. The summed E-state index contributed by atoms with van der Waals surface area (Å²) in [5, 5.41) is 2.94. The quantitative estimate of drug-likeness (QED) is 0.817. The first-order valence-corrected chi connectivity index (χ1v) is 7.72. The predicted molar refractivity (Wildman–Crippen MR) is 87.7 cm³/mol. The highest BCUT2D eigenvalue weighted by Crippen LogP contribution is 2.24. The van der Waals surface area contributed by atoms with Gasteiger partial charge in [0.1, 0.15) is 4.60 Å². The van der Waals surface area contributed by atoms with Gasteiger partial charge in [-0.05, 0) is 52.5 Å². The van der Waals surface area contributed by atoms with Crippen LogP contribution in [0.25, 0.3) is 16.6 Å². The third kappa shape index (κ3) is 3.24. The summed E-state index contributed by atoms with van der Waals surface area (Å²) in [6, 6.07) is 6.09. The van der Waals surface area contributed by atoms with Crippen LogP contribution in [0, 0.1) is 0 Å². The van der Waals surface area contributed by atoms with Crippen LogP contribution in [0.4, 0.5) is 0 Å². The Kier molecular flexibility index (Phi) is 3.92. The van der Waals surface area contributed by atoms with Crippen molar-refractivity contribution in [2.24, 2.45) is 0 Å². The van der Waals surface area contributed by atoms with Gasteiger partial charge in [0.05, 0.1) is 11.0 Å². The zero-order valence-electron chi connectivity index (χ0n) is 11.7. The minimum atomic E-state index is 0.00719. The van der Waals surface area contributed by atoms with Crippen LogP contribution in [0.2, 0.25) is 0 Å². The fraction of sp³-hybridized carbons (Fsp3) is 0.250. The number of nitrogens with one attached hydrogen (secondary N) is 2. The molecule has 1 aliphatic carbocycles. The van der Waals surface area contributed by atoms with Crippen molar-refractivity contribution in [3.8, 4) is 0 Å². The van der Waals surface area contributed by atoms with Crippen molar-refractivity contribution in [1.82, 2.24) is 15.3 Å². The van der Waals surface area contributed by atoms with Gasteiger partial charge in [0.25, 0.3) is 0 Å². The SMILES string of the molecule is CC(=O)NC1C=CC(c2cc3nc(Br)ccc3[nH]2)=CCC1. The molecular weight excluding hydrogens is 330 g/mol. The molecule has 0 radical (unpaired) electrons. The summed E-state index contributed by atoms with van der Waals surface area (Å²) < 4.78 is 0.830. The van der Waals surface area contributed by atoms with E-state index in [1.807, 2.05) is 12.1 Å². The molecule has 0 saturated carbocycles. The molecule has 1 atom stereocenters. The van der Waals surface area contributed by atoms with E-state index in [2.05, 4.69) is 55.5 Å². The van der Waals surface area contributed by atoms with Crippen LogP contribution in [0.3, 0.4) is 0 Å². The summed E-state index contributed by atoms with van der Waals surface area (Å²) in [5.41, 5.74) is 4.15. The highest BCUT2D eigenvalue weighted by atomic mass is 79.9. The molecule has 1 aliphatic rings. The molecule has 0 aliphatic heterocycles. The summed E-state index contributed by atoms with van der Waals surface area (Å²) in [7, 11) is 0. The maximum Gasteiger partial charge on any atom is 0.217 e. The number of fused-ring (bicyclic) bond motifs is 1. The zero-order valence-corrected chi connectivity index (χ0v) is 13.3. The van der Waals surface area contributed by atoms with Gasteiger partial charge in [-0.2, -0.15) is 0 Å². The Labute approximate surface area is 131 Å². The lowest BCUT2D eigenvalue weighted by molar-refractivity contribution is -0.119. The molecule has 2 aromatic heterocycles. The lowest BCUT2D eigenvalue weighted by Gasteiger charge is -2.10. The Bertz CT molecular complexity index is 745. The topological polar surface area (TPSA) is 57.8 Å². The number of aromatic nitrogens is 2. The van der Waals surface area contributed by atoms with Gasteiger partial charge >= 0.3 is 0 Å². The van der Waals surface area contributed by atoms with Crippen LogP contribution in [0.15, 0.2) is 41.0 Å². The lowest BCUT2D eigenvalue weighted by Crippen LogP contribution is -2.30. The number of H-pyrrole nitrogens is 1. The van der Waals surface area contributed by atoms with Crippen molar-refractivity contribution in [2.75, 3.05) is 0 Å². The lowest BCUT2D eigenvalue weighted by atomic mass is 10.1. The van der Waals surface area contributed by atoms with E-state index in [0.717, 1.165) is 39.7 Å². The molecule has 21 heavy (non-hydrogen) atoms. The summed E-state index contributed by atoms with van der Waals surface area (Å²) in [5.74, 6) is 0.00719. The van der Waals surface area contributed by atoms with Crippen molar-refractivity contribution in [3.05, 3.63) is 46.7 Å². The first-order chi connectivity index (χ1) is 10.1. The smallest absolute Gasteiger partial charge is 0.217 e. The Morgan fingerprint density at radius 3 is 3.14 bits per heavy atom. The molecule has 0 spiro atoms. The number of hydrogen-bond acceptors (Lipinski definition) is 2. The molecule has 2 aromatic rings. The second kappa shape index (κ2) is 5.85. The normalized spacial score (nSPS) is 18.4. The maximum atomic E-state index is 11.1. The predicted octanol–water partition coefficient (Wildman–Crippen LogP) is 3.56.